The normalized spacial score (nSPS) is 25.0. The van der Waals surface area contributed by atoms with Gasteiger partial charge >= 0.3 is 17.6 Å². The number of hydrogen-bond acceptors (Lipinski definition) is 15. The fraction of sp³-hybridized carbons (Fsp3) is 0.353. The Balaban J connectivity index is 1.10. The van der Waals surface area contributed by atoms with Gasteiger partial charge in [-0.25, -0.2) is 14.6 Å². The molecule has 5 heterocycles. The van der Waals surface area contributed by atoms with Gasteiger partial charge in [-0.3, -0.25) is 14.9 Å². The minimum absolute atomic E-state index is 0.0307. The van der Waals surface area contributed by atoms with Crippen LogP contribution in [0, 0.1) is 10.1 Å². The first kappa shape index (κ1) is 34.0. The second kappa shape index (κ2) is 12.7. The number of ether oxygens (including phenoxy) is 5. The van der Waals surface area contributed by atoms with Gasteiger partial charge in [-0.2, -0.15) is 0 Å². The summed E-state index contributed by atoms with van der Waals surface area (Å²) in [5.41, 5.74) is 0.343. The number of nitro benzene ring substituents is 1. The van der Waals surface area contributed by atoms with Crippen LogP contribution in [0.5, 0.6) is 11.5 Å². The molecule has 0 bridgehead atoms. The number of carbonyl (C=O) groups excluding carboxylic acids is 2. The first-order chi connectivity index (χ1) is 24.3. The number of cyclic esters (lactones) is 1. The molecule has 266 valence electrons. The molecule has 0 spiro atoms. The number of benzene rings is 2. The van der Waals surface area contributed by atoms with Crippen molar-refractivity contribution in [2.75, 3.05) is 7.11 Å². The molecule has 17 nitrogen and oxygen atoms in total. The maximum absolute atomic E-state index is 13.4. The van der Waals surface area contributed by atoms with Gasteiger partial charge in [-0.05, 0) is 48.4 Å². The van der Waals surface area contributed by atoms with Crippen molar-refractivity contribution in [2.45, 2.75) is 69.4 Å². The summed E-state index contributed by atoms with van der Waals surface area (Å²) < 4.78 is 27.9. The van der Waals surface area contributed by atoms with Crippen LogP contribution in [0.1, 0.15) is 35.6 Å². The van der Waals surface area contributed by atoms with E-state index in [1.807, 2.05) is 6.07 Å². The molecule has 1 fully saturated rings. The van der Waals surface area contributed by atoms with Crippen molar-refractivity contribution in [2.24, 2.45) is 0 Å². The molecule has 1 saturated heterocycles. The maximum atomic E-state index is 13.4. The number of nitro groups is 1. The zero-order valence-corrected chi connectivity index (χ0v) is 27.0. The quantitative estimate of drug-likeness (QED) is 0.0998. The second-order valence-corrected chi connectivity index (χ2v) is 12.3. The fourth-order valence-electron chi connectivity index (χ4n) is 6.50. The average Bonchev–Trinajstić information content (AvgIpc) is 3.49. The van der Waals surface area contributed by atoms with Gasteiger partial charge in [0.1, 0.15) is 37.3 Å². The average molecular weight is 706 g/mol. The third-order valence-corrected chi connectivity index (χ3v) is 9.35. The highest BCUT2D eigenvalue weighted by atomic mass is 16.7. The molecule has 7 rings (SSSR count). The monoisotopic (exact) mass is 705 g/mol. The van der Waals surface area contributed by atoms with Crippen LogP contribution in [-0.2, 0) is 49.2 Å². The van der Waals surface area contributed by atoms with Gasteiger partial charge in [0.15, 0.2) is 17.5 Å². The molecular weight excluding hydrogens is 674 g/mol. The molecule has 0 unspecified atom stereocenters. The standard InChI is InChI=1S/C34H31N3O14/c1-3-34(44)20-11-23-25-17(12-36(23)30(41)19(20)14-49-33(34)43)9-16-10-18(5-6-21(16)35-25)48-13-15-4-7-24(22(8-15)37(45)46)50-32-28(40)26(38)27(39)29(51-32)31(42)47-2/h4-11,26-29,32,38-40,44H,3,12-14H2,1-2H3/t26-,27-,28+,29-,32+,34-/m0/s1. The predicted molar refractivity (Wildman–Crippen MR) is 171 cm³/mol. The molecule has 0 radical (unpaired) electrons. The zero-order chi connectivity index (χ0) is 36.4. The Bertz CT molecular complexity index is 2170. The Morgan fingerprint density at radius 2 is 1.88 bits per heavy atom. The van der Waals surface area contributed by atoms with Crippen molar-refractivity contribution < 1.29 is 58.6 Å². The van der Waals surface area contributed by atoms with Gasteiger partial charge in [0, 0.05) is 22.6 Å². The van der Waals surface area contributed by atoms with Gasteiger partial charge in [0.05, 0.1) is 41.0 Å². The van der Waals surface area contributed by atoms with Gasteiger partial charge in [-0.1, -0.05) is 13.0 Å². The summed E-state index contributed by atoms with van der Waals surface area (Å²) in [6.45, 7) is 1.52. The van der Waals surface area contributed by atoms with Crippen molar-refractivity contribution in [3.63, 3.8) is 0 Å². The largest absolute Gasteiger partial charge is 0.489 e. The van der Waals surface area contributed by atoms with E-state index in [4.69, 9.17) is 23.9 Å². The van der Waals surface area contributed by atoms with E-state index in [1.165, 1.54) is 22.8 Å². The van der Waals surface area contributed by atoms with Crippen LogP contribution in [0.3, 0.4) is 0 Å². The van der Waals surface area contributed by atoms with Crippen molar-refractivity contribution in [1.82, 2.24) is 9.55 Å². The topological polar surface area (TPSA) is 239 Å². The SMILES string of the molecule is CC[C@@]1(O)C(=O)OCc2c1cc1n(c2=O)Cc2cc3cc(OCc4ccc(O[C@@H]5O[C@H](C(=O)OC)[C@@H](O)[C@H](O)[C@H]5O)c([N+](=O)[O-])c4)ccc3nc2-1. The number of hydrogen-bond donors (Lipinski definition) is 4. The third-order valence-electron chi connectivity index (χ3n) is 9.35. The minimum Gasteiger partial charge on any atom is -0.489 e. The van der Waals surface area contributed by atoms with Crippen LogP contribution in [0.2, 0.25) is 0 Å². The minimum atomic E-state index is -1.93. The lowest BCUT2D eigenvalue weighted by atomic mass is 9.86. The molecule has 4 N–H and O–H groups in total. The lowest BCUT2D eigenvalue weighted by Crippen LogP contribution is -2.61. The first-order valence-corrected chi connectivity index (χ1v) is 15.8. The molecule has 0 amide bonds. The summed E-state index contributed by atoms with van der Waals surface area (Å²) in [5, 5.41) is 54.4. The van der Waals surface area contributed by atoms with Gasteiger partial charge < -0.3 is 48.7 Å². The summed E-state index contributed by atoms with van der Waals surface area (Å²) >= 11 is 0. The Morgan fingerprint density at radius 3 is 2.61 bits per heavy atom. The number of nitrogens with zero attached hydrogens (tertiary/aromatic N) is 3. The molecule has 6 atom stereocenters. The molecule has 0 aliphatic carbocycles. The Morgan fingerprint density at radius 1 is 1.10 bits per heavy atom. The van der Waals surface area contributed by atoms with E-state index in [-0.39, 0.29) is 48.6 Å². The molecule has 3 aliphatic rings. The smallest absolute Gasteiger partial charge is 0.343 e. The van der Waals surface area contributed by atoms with Crippen LogP contribution >= 0.6 is 0 Å². The Kier molecular flexibility index (Phi) is 8.47. The van der Waals surface area contributed by atoms with Crippen molar-refractivity contribution in [3.05, 3.63) is 91.3 Å². The molecular formula is C34H31N3O14. The van der Waals surface area contributed by atoms with Crippen LogP contribution in [0.4, 0.5) is 5.69 Å². The van der Waals surface area contributed by atoms with E-state index in [0.717, 1.165) is 12.7 Å². The van der Waals surface area contributed by atoms with Crippen LogP contribution in [0.15, 0.2) is 53.3 Å². The molecule has 2 aromatic heterocycles. The summed E-state index contributed by atoms with van der Waals surface area (Å²) in [6, 6.07) is 12.5. The molecule has 3 aliphatic heterocycles. The number of aliphatic hydroxyl groups is 4. The van der Waals surface area contributed by atoms with E-state index in [0.29, 0.717) is 33.6 Å². The van der Waals surface area contributed by atoms with Crippen molar-refractivity contribution >= 4 is 28.5 Å². The van der Waals surface area contributed by atoms with E-state index < -0.39 is 58.9 Å². The number of carbonyl (C=O) groups is 2. The Labute approximate surface area is 287 Å². The summed E-state index contributed by atoms with van der Waals surface area (Å²) in [4.78, 5) is 53.8. The Hall–Kier alpha value is -5.46. The van der Waals surface area contributed by atoms with Crippen molar-refractivity contribution in [3.8, 4) is 22.9 Å². The number of esters is 2. The number of aromatic nitrogens is 2. The molecule has 2 aromatic carbocycles. The van der Waals surface area contributed by atoms with E-state index in [1.54, 1.807) is 31.2 Å². The number of pyridine rings is 2. The van der Waals surface area contributed by atoms with Crippen LogP contribution in [0.25, 0.3) is 22.3 Å². The predicted octanol–water partition coefficient (Wildman–Crippen LogP) is 0.926. The fourth-order valence-corrected chi connectivity index (χ4v) is 6.50. The highest BCUT2D eigenvalue weighted by Crippen LogP contribution is 2.39. The van der Waals surface area contributed by atoms with Crippen LogP contribution < -0.4 is 15.0 Å². The summed E-state index contributed by atoms with van der Waals surface area (Å²) in [7, 11) is 1.03. The number of fused-ring (bicyclic) bond motifs is 5. The van der Waals surface area contributed by atoms with E-state index in [9.17, 15) is 44.9 Å². The lowest BCUT2D eigenvalue weighted by molar-refractivity contribution is -0.387. The zero-order valence-electron chi connectivity index (χ0n) is 27.0. The van der Waals surface area contributed by atoms with Crippen molar-refractivity contribution in [1.29, 1.82) is 0 Å². The molecule has 51 heavy (non-hydrogen) atoms. The first-order valence-electron chi connectivity index (χ1n) is 15.8. The summed E-state index contributed by atoms with van der Waals surface area (Å²) in [6.07, 6.45) is -8.98. The lowest BCUT2D eigenvalue weighted by Gasteiger charge is -2.38. The number of aliphatic hydroxyl groups excluding tert-OH is 3. The van der Waals surface area contributed by atoms with E-state index >= 15 is 0 Å². The molecule has 4 aromatic rings. The van der Waals surface area contributed by atoms with Gasteiger partial charge in [-0.15, -0.1) is 0 Å². The second-order valence-electron chi connectivity index (χ2n) is 12.3. The van der Waals surface area contributed by atoms with Gasteiger partial charge in [0.25, 0.3) is 5.56 Å². The number of methoxy groups -OCH3 is 1. The van der Waals surface area contributed by atoms with Crippen LogP contribution in [-0.4, -0.2) is 84.7 Å². The van der Waals surface area contributed by atoms with Gasteiger partial charge in [0.2, 0.25) is 6.29 Å². The molecule has 0 saturated carbocycles. The maximum Gasteiger partial charge on any atom is 0.343 e. The highest BCUT2D eigenvalue weighted by Gasteiger charge is 2.49. The number of rotatable bonds is 8. The summed E-state index contributed by atoms with van der Waals surface area (Å²) in [5.74, 6) is -1.77. The molecule has 17 heteroatoms. The third kappa shape index (κ3) is 5.64. The van der Waals surface area contributed by atoms with E-state index in [2.05, 4.69) is 4.74 Å². The highest BCUT2D eigenvalue weighted by molar-refractivity contribution is 5.87.